The predicted molar refractivity (Wildman–Crippen MR) is 117 cm³/mol. The summed E-state index contributed by atoms with van der Waals surface area (Å²) in [4.78, 5) is 24.6. The molecule has 2 aromatic carbocycles. The van der Waals surface area contributed by atoms with Crippen LogP contribution >= 0.6 is 0 Å². The van der Waals surface area contributed by atoms with Gasteiger partial charge in [0.2, 0.25) is 5.91 Å². The van der Waals surface area contributed by atoms with E-state index in [-0.39, 0.29) is 17.7 Å². The predicted octanol–water partition coefficient (Wildman–Crippen LogP) is 4.01. The summed E-state index contributed by atoms with van der Waals surface area (Å²) in [6, 6.07) is 16.9. The van der Waals surface area contributed by atoms with E-state index in [0.717, 1.165) is 29.1 Å². The number of para-hydroxylation sites is 1. The Kier molecular flexibility index (Phi) is 5.40. The zero-order valence-electron chi connectivity index (χ0n) is 17.5. The Labute approximate surface area is 176 Å². The Hall–Kier alpha value is -3.41. The van der Waals surface area contributed by atoms with Crippen LogP contribution in [0.25, 0.3) is 5.69 Å². The zero-order valence-corrected chi connectivity index (χ0v) is 17.5. The molecule has 1 aliphatic carbocycles. The molecule has 30 heavy (non-hydrogen) atoms. The number of nitrogens with zero attached hydrogens (tertiary/aromatic N) is 2. The third-order valence-electron chi connectivity index (χ3n) is 5.73. The largest absolute Gasteiger partial charge is 0.348 e. The summed E-state index contributed by atoms with van der Waals surface area (Å²) >= 11 is 0. The normalized spacial score (nSPS) is 17.4. The van der Waals surface area contributed by atoms with Gasteiger partial charge >= 0.3 is 0 Å². The molecule has 0 aliphatic heterocycles. The molecule has 0 bridgehead atoms. The highest BCUT2D eigenvalue weighted by molar-refractivity contribution is 5.97. The van der Waals surface area contributed by atoms with E-state index in [4.69, 9.17) is 0 Å². The smallest absolute Gasteiger partial charge is 0.251 e. The molecule has 1 aliphatic rings. The van der Waals surface area contributed by atoms with E-state index in [2.05, 4.69) is 22.7 Å². The SMILES string of the molecule is Cc1nn(-c2ccccc2)c(C)c1CNC(=O)c1ccc(NC(=O)C2CC2C)cc1. The van der Waals surface area contributed by atoms with E-state index in [1.807, 2.05) is 48.9 Å². The van der Waals surface area contributed by atoms with Gasteiger partial charge in [-0.3, -0.25) is 9.59 Å². The lowest BCUT2D eigenvalue weighted by atomic mass is 10.1. The molecule has 3 aromatic rings. The highest BCUT2D eigenvalue weighted by atomic mass is 16.2. The second kappa shape index (κ2) is 8.14. The van der Waals surface area contributed by atoms with Crippen molar-refractivity contribution in [3.05, 3.63) is 77.1 Å². The summed E-state index contributed by atoms with van der Waals surface area (Å²) < 4.78 is 1.90. The van der Waals surface area contributed by atoms with Crippen LogP contribution in [0.5, 0.6) is 0 Å². The first-order valence-corrected chi connectivity index (χ1v) is 10.2. The molecule has 2 amide bonds. The average molecular weight is 402 g/mol. The van der Waals surface area contributed by atoms with Gasteiger partial charge in [0, 0.05) is 35.0 Å². The van der Waals surface area contributed by atoms with Gasteiger partial charge in [-0.2, -0.15) is 5.10 Å². The molecule has 4 rings (SSSR count). The molecule has 6 heteroatoms. The lowest BCUT2D eigenvalue weighted by molar-refractivity contribution is -0.117. The van der Waals surface area contributed by atoms with Gasteiger partial charge in [0.1, 0.15) is 0 Å². The number of aromatic nitrogens is 2. The van der Waals surface area contributed by atoms with E-state index in [9.17, 15) is 9.59 Å². The first kappa shape index (κ1) is 19.9. The number of carbonyl (C=O) groups is 2. The summed E-state index contributed by atoms with van der Waals surface area (Å²) in [7, 11) is 0. The van der Waals surface area contributed by atoms with Crippen LogP contribution in [0.2, 0.25) is 0 Å². The molecule has 2 unspecified atom stereocenters. The third kappa shape index (κ3) is 4.13. The van der Waals surface area contributed by atoms with Crippen LogP contribution in [0, 0.1) is 25.7 Å². The maximum absolute atomic E-state index is 12.6. The number of nitrogens with one attached hydrogen (secondary N) is 2. The van der Waals surface area contributed by atoms with E-state index >= 15 is 0 Å². The van der Waals surface area contributed by atoms with Crippen LogP contribution in [0.4, 0.5) is 5.69 Å². The molecular formula is C24H26N4O2. The molecular weight excluding hydrogens is 376 g/mol. The second-order valence-electron chi connectivity index (χ2n) is 7.97. The highest BCUT2D eigenvalue weighted by Crippen LogP contribution is 2.38. The van der Waals surface area contributed by atoms with Crippen LogP contribution in [-0.2, 0) is 11.3 Å². The van der Waals surface area contributed by atoms with Gasteiger partial charge in [0.15, 0.2) is 0 Å². The number of benzene rings is 2. The molecule has 0 saturated heterocycles. The van der Waals surface area contributed by atoms with Crippen molar-refractivity contribution < 1.29 is 9.59 Å². The van der Waals surface area contributed by atoms with E-state index in [1.54, 1.807) is 24.3 Å². The van der Waals surface area contributed by atoms with Gasteiger partial charge in [0.05, 0.1) is 11.4 Å². The number of hydrogen-bond acceptors (Lipinski definition) is 3. The Morgan fingerprint density at radius 2 is 1.73 bits per heavy atom. The van der Waals surface area contributed by atoms with Gasteiger partial charge < -0.3 is 10.6 Å². The number of amides is 2. The Morgan fingerprint density at radius 3 is 2.37 bits per heavy atom. The molecule has 1 fully saturated rings. The summed E-state index contributed by atoms with van der Waals surface area (Å²) in [6.07, 6.45) is 0.950. The van der Waals surface area contributed by atoms with Crippen LogP contribution in [0.1, 0.15) is 40.7 Å². The quantitative estimate of drug-likeness (QED) is 0.654. The molecule has 154 valence electrons. The van der Waals surface area contributed by atoms with Crippen LogP contribution in [-0.4, -0.2) is 21.6 Å². The first-order chi connectivity index (χ1) is 14.4. The summed E-state index contributed by atoms with van der Waals surface area (Å²) in [5.74, 6) is 0.487. The maximum Gasteiger partial charge on any atom is 0.251 e. The number of hydrogen-bond donors (Lipinski definition) is 2. The molecule has 1 aromatic heterocycles. The molecule has 6 nitrogen and oxygen atoms in total. The lowest BCUT2D eigenvalue weighted by Crippen LogP contribution is -2.23. The van der Waals surface area contributed by atoms with Crippen molar-refractivity contribution in [2.75, 3.05) is 5.32 Å². The summed E-state index contributed by atoms with van der Waals surface area (Å²) in [6.45, 7) is 6.44. The maximum atomic E-state index is 12.6. The number of anilines is 1. The fourth-order valence-corrected chi connectivity index (χ4v) is 3.65. The van der Waals surface area contributed by atoms with E-state index in [1.165, 1.54) is 0 Å². The third-order valence-corrected chi connectivity index (χ3v) is 5.73. The number of rotatable bonds is 6. The number of aryl methyl sites for hydroxylation is 1. The summed E-state index contributed by atoms with van der Waals surface area (Å²) in [5, 5.41) is 10.5. The van der Waals surface area contributed by atoms with Crippen molar-refractivity contribution in [1.82, 2.24) is 15.1 Å². The van der Waals surface area contributed by atoms with Crippen molar-refractivity contribution in [2.45, 2.75) is 33.7 Å². The molecule has 2 N–H and O–H groups in total. The van der Waals surface area contributed by atoms with Crippen LogP contribution in [0.15, 0.2) is 54.6 Å². The van der Waals surface area contributed by atoms with Gasteiger partial charge in [-0.25, -0.2) is 4.68 Å². The molecule has 0 radical (unpaired) electrons. The van der Waals surface area contributed by atoms with Gasteiger partial charge in [-0.1, -0.05) is 25.1 Å². The number of carbonyl (C=O) groups excluding carboxylic acids is 2. The summed E-state index contributed by atoms with van der Waals surface area (Å²) in [5.41, 5.74) is 5.17. The monoisotopic (exact) mass is 402 g/mol. The van der Waals surface area contributed by atoms with E-state index < -0.39 is 0 Å². The zero-order chi connectivity index (χ0) is 21.3. The van der Waals surface area contributed by atoms with Gasteiger partial charge in [0.25, 0.3) is 5.91 Å². The average Bonchev–Trinajstić information content (AvgIpc) is 3.42. The Bertz CT molecular complexity index is 1070. The lowest BCUT2D eigenvalue weighted by Gasteiger charge is -2.08. The minimum atomic E-state index is -0.157. The van der Waals surface area contributed by atoms with E-state index in [0.29, 0.717) is 23.7 Å². The fraction of sp³-hybridized carbons (Fsp3) is 0.292. The Balaban J connectivity index is 1.39. The van der Waals surface area contributed by atoms with Crippen LogP contribution in [0.3, 0.4) is 0 Å². The van der Waals surface area contributed by atoms with Crippen molar-refractivity contribution in [3.8, 4) is 5.69 Å². The van der Waals surface area contributed by atoms with Crippen LogP contribution < -0.4 is 10.6 Å². The molecule has 1 saturated carbocycles. The minimum Gasteiger partial charge on any atom is -0.348 e. The first-order valence-electron chi connectivity index (χ1n) is 10.2. The van der Waals surface area contributed by atoms with Crippen molar-refractivity contribution in [2.24, 2.45) is 11.8 Å². The topological polar surface area (TPSA) is 76.0 Å². The molecule has 0 spiro atoms. The second-order valence-corrected chi connectivity index (χ2v) is 7.97. The Morgan fingerprint density at radius 1 is 1.07 bits per heavy atom. The minimum absolute atomic E-state index is 0.0566. The highest BCUT2D eigenvalue weighted by Gasteiger charge is 2.39. The standard InChI is InChI=1S/C24H26N4O2/c1-15-13-21(15)24(30)26-19-11-9-18(10-12-19)23(29)25-14-22-16(2)27-28(17(22)3)20-7-5-4-6-8-20/h4-12,15,21H,13-14H2,1-3H3,(H,25,29)(H,26,30). The van der Waals surface area contributed by atoms with Crippen molar-refractivity contribution in [1.29, 1.82) is 0 Å². The molecule has 2 atom stereocenters. The fourth-order valence-electron chi connectivity index (χ4n) is 3.65. The van der Waals surface area contributed by atoms with Crippen molar-refractivity contribution in [3.63, 3.8) is 0 Å². The van der Waals surface area contributed by atoms with Gasteiger partial charge in [-0.15, -0.1) is 0 Å². The van der Waals surface area contributed by atoms with Gasteiger partial charge in [-0.05, 0) is 62.6 Å². The molecule has 1 heterocycles. The van der Waals surface area contributed by atoms with Crippen molar-refractivity contribution >= 4 is 17.5 Å².